The van der Waals surface area contributed by atoms with Gasteiger partial charge >= 0.3 is 0 Å². The van der Waals surface area contributed by atoms with Crippen molar-refractivity contribution in [3.63, 3.8) is 0 Å². The van der Waals surface area contributed by atoms with Gasteiger partial charge < -0.3 is 15.9 Å². The fourth-order valence-electron chi connectivity index (χ4n) is 0.263. The first-order chi connectivity index (χ1) is 4.86. The number of hydrogen-bond donors (Lipinski definition) is 3. The van der Waals surface area contributed by atoms with Gasteiger partial charge in [0.15, 0.2) is 6.29 Å². The van der Waals surface area contributed by atoms with Crippen LogP contribution in [0.2, 0.25) is 0 Å². The van der Waals surface area contributed by atoms with Crippen molar-refractivity contribution in [2.24, 2.45) is 5.73 Å². The minimum absolute atomic E-state index is 0.691. The van der Waals surface area contributed by atoms with E-state index in [0.717, 1.165) is 0 Å². The summed E-state index contributed by atoms with van der Waals surface area (Å²) in [5.74, 6) is 0. The summed E-state index contributed by atoms with van der Waals surface area (Å²) in [6, 6.07) is 0. The summed E-state index contributed by atoms with van der Waals surface area (Å²) in [7, 11) is -3.84. The van der Waals surface area contributed by atoms with Gasteiger partial charge in [-0.1, -0.05) is 0 Å². The molecule has 7 heteroatoms. The SMILES string of the molecule is CC(N)S(=O)(=O)OCC(O)O. The second-order valence-electron chi connectivity index (χ2n) is 1.96. The lowest BCUT2D eigenvalue weighted by Crippen LogP contribution is -2.31. The molecule has 6 nitrogen and oxygen atoms in total. The van der Waals surface area contributed by atoms with Gasteiger partial charge in [0.25, 0.3) is 10.1 Å². The van der Waals surface area contributed by atoms with Gasteiger partial charge in [-0.3, -0.25) is 4.18 Å². The molecule has 1 unspecified atom stereocenters. The predicted molar refractivity (Wildman–Crippen MR) is 36.7 cm³/mol. The molecule has 4 N–H and O–H groups in total. The largest absolute Gasteiger partial charge is 0.366 e. The second-order valence-corrected chi connectivity index (χ2v) is 3.93. The molecule has 0 amide bonds. The Labute approximate surface area is 64.7 Å². The summed E-state index contributed by atoms with van der Waals surface area (Å²) in [5, 5.41) is 15.3. The van der Waals surface area contributed by atoms with Crippen molar-refractivity contribution in [2.45, 2.75) is 18.6 Å². The van der Waals surface area contributed by atoms with E-state index in [1.54, 1.807) is 0 Å². The van der Waals surface area contributed by atoms with Crippen molar-refractivity contribution in [3.05, 3.63) is 0 Å². The van der Waals surface area contributed by atoms with Gasteiger partial charge in [-0.25, -0.2) is 0 Å². The zero-order valence-electron chi connectivity index (χ0n) is 5.97. The maximum atomic E-state index is 10.7. The number of nitrogens with two attached hydrogens (primary N) is 1. The minimum atomic E-state index is -3.84. The monoisotopic (exact) mass is 185 g/mol. The Morgan fingerprint density at radius 2 is 2.00 bits per heavy atom. The molecule has 0 radical (unpaired) electrons. The van der Waals surface area contributed by atoms with Crippen molar-refractivity contribution in [1.82, 2.24) is 0 Å². The summed E-state index contributed by atoms with van der Waals surface area (Å²) in [6.07, 6.45) is -1.80. The lowest BCUT2D eigenvalue weighted by atomic mass is 10.7. The molecule has 0 saturated carbocycles. The van der Waals surface area contributed by atoms with Crippen LogP contribution < -0.4 is 5.73 Å². The Bertz CT molecular complexity index is 197. The molecule has 1 atom stereocenters. The third-order valence-electron chi connectivity index (χ3n) is 0.837. The molecule has 0 saturated heterocycles. The van der Waals surface area contributed by atoms with Gasteiger partial charge in [0.2, 0.25) is 0 Å². The maximum absolute atomic E-state index is 10.7. The molecule has 0 aliphatic carbocycles. The average Bonchev–Trinajstić information content (AvgIpc) is 1.84. The lowest BCUT2D eigenvalue weighted by Gasteiger charge is -2.08. The molecule has 11 heavy (non-hydrogen) atoms. The van der Waals surface area contributed by atoms with Crippen LogP contribution in [-0.4, -0.2) is 36.9 Å². The fraction of sp³-hybridized carbons (Fsp3) is 1.00. The van der Waals surface area contributed by atoms with Gasteiger partial charge in [-0.2, -0.15) is 8.42 Å². The molecule has 0 aromatic rings. The highest BCUT2D eigenvalue weighted by molar-refractivity contribution is 7.87. The van der Waals surface area contributed by atoms with E-state index in [9.17, 15) is 8.42 Å². The number of rotatable bonds is 4. The van der Waals surface area contributed by atoms with E-state index in [1.165, 1.54) is 6.92 Å². The van der Waals surface area contributed by atoms with Crippen molar-refractivity contribution in [3.8, 4) is 0 Å². The second kappa shape index (κ2) is 3.98. The fourth-order valence-corrected chi connectivity index (χ4v) is 0.789. The molecule has 0 bridgehead atoms. The van der Waals surface area contributed by atoms with Gasteiger partial charge in [-0.15, -0.1) is 0 Å². The topological polar surface area (TPSA) is 110 Å². The molecular formula is C4H11NO5S. The summed E-state index contributed by atoms with van der Waals surface area (Å²) >= 11 is 0. The highest BCUT2D eigenvalue weighted by Gasteiger charge is 2.17. The van der Waals surface area contributed by atoms with Crippen molar-refractivity contribution >= 4 is 10.1 Å². The van der Waals surface area contributed by atoms with Crippen LogP contribution in [0.5, 0.6) is 0 Å². The molecule has 0 aromatic carbocycles. The zero-order chi connectivity index (χ0) is 9.07. The molecule has 0 aliphatic rings. The maximum Gasteiger partial charge on any atom is 0.283 e. The van der Waals surface area contributed by atoms with Crippen molar-refractivity contribution < 1.29 is 22.8 Å². The highest BCUT2D eigenvalue weighted by atomic mass is 32.2. The van der Waals surface area contributed by atoms with Gasteiger partial charge in [-0.05, 0) is 6.92 Å². The van der Waals surface area contributed by atoms with E-state index >= 15 is 0 Å². The molecule has 0 aromatic heterocycles. The van der Waals surface area contributed by atoms with Crippen molar-refractivity contribution in [2.75, 3.05) is 6.61 Å². The van der Waals surface area contributed by atoms with Crippen LogP contribution in [0.15, 0.2) is 0 Å². The molecule has 0 heterocycles. The summed E-state index contributed by atoms with van der Waals surface area (Å²) in [4.78, 5) is 0. The van der Waals surface area contributed by atoms with E-state index in [-0.39, 0.29) is 0 Å². The van der Waals surface area contributed by atoms with Crippen LogP contribution in [0.3, 0.4) is 0 Å². The molecule has 0 aliphatic heterocycles. The Morgan fingerprint density at radius 1 is 1.55 bits per heavy atom. The van der Waals surface area contributed by atoms with Crippen LogP contribution >= 0.6 is 0 Å². The molecule has 0 fully saturated rings. The predicted octanol–water partition coefficient (Wildman–Crippen LogP) is -2.05. The Morgan fingerprint density at radius 3 is 2.27 bits per heavy atom. The van der Waals surface area contributed by atoms with E-state index < -0.39 is 28.4 Å². The quantitative estimate of drug-likeness (QED) is 0.343. The third-order valence-corrected chi connectivity index (χ3v) is 2.21. The number of aliphatic hydroxyl groups is 2. The van der Waals surface area contributed by atoms with E-state index in [2.05, 4.69) is 4.18 Å². The number of aliphatic hydroxyl groups excluding tert-OH is 1. The minimum Gasteiger partial charge on any atom is -0.366 e. The van der Waals surface area contributed by atoms with Gasteiger partial charge in [0, 0.05) is 0 Å². The first-order valence-corrected chi connectivity index (χ1v) is 4.33. The van der Waals surface area contributed by atoms with Crippen LogP contribution in [0, 0.1) is 0 Å². The Hall–Kier alpha value is -0.210. The molecule has 0 rings (SSSR count). The number of hydrogen-bond acceptors (Lipinski definition) is 6. The third kappa shape index (κ3) is 4.27. The Balaban J connectivity index is 3.95. The summed E-state index contributed by atoms with van der Waals surface area (Å²) < 4.78 is 25.4. The normalized spacial score (nSPS) is 15.4. The van der Waals surface area contributed by atoms with Crippen LogP contribution in [0.4, 0.5) is 0 Å². The van der Waals surface area contributed by atoms with Crippen LogP contribution in [0.25, 0.3) is 0 Å². The smallest absolute Gasteiger partial charge is 0.283 e. The van der Waals surface area contributed by atoms with Gasteiger partial charge in [0.05, 0.1) is 0 Å². The molecular weight excluding hydrogens is 174 g/mol. The average molecular weight is 185 g/mol. The van der Waals surface area contributed by atoms with Crippen molar-refractivity contribution in [1.29, 1.82) is 0 Å². The summed E-state index contributed by atoms with van der Waals surface area (Å²) in [6.45, 7) is 0.531. The Kier molecular flexibility index (Phi) is 3.90. The zero-order valence-corrected chi connectivity index (χ0v) is 6.78. The van der Waals surface area contributed by atoms with E-state index in [4.69, 9.17) is 15.9 Å². The standard InChI is InChI=1S/C4H11NO5S/c1-3(5)11(8,9)10-2-4(6)7/h3-4,6-7H,2,5H2,1H3. The first-order valence-electron chi connectivity index (χ1n) is 2.86. The van der Waals surface area contributed by atoms with E-state index in [1.807, 2.05) is 0 Å². The highest BCUT2D eigenvalue weighted by Crippen LogP contribution is 1.97. The van der Waals surface area contributed by atoms with Crippen LogP contribution in [0.1, 0.15) is 6.92 Å². The first kappa shape index (κ1) is 10.8. The lowest BCUT2D eigenvalue weighted by molar-refractivity contribution is -0.0670. The summed E-state index contributed by atoms with van der Waals surface area (Å²) in [5.41, 5.74) is 4.98. The van der Waals surface area contributed by atoms with E-state index in [0.29, 0.717) is 0 Å². The van der Waals surface area contributed by atoms with Crippen LogP contribution in [-0.2, 0) is 14.3 Å². The molecule has 68 valence electrons. The molecule has 0 spiro atoms. The van der Waals surface area contributed by atoms with Gasteiger partial charge in [0.1, 0.15) is 12.0 Å².